The molecule has 0 aromatic carbocycles. The van der Waals surface area contributed by atoms with Crippen LogP contribution >= 0.6 is 0 Å². The van der Waals surface area contributed by atoms with Crippen molar-refractivity contribution in [2.45, 2.75) is 32.2 Å². The minimum atomic E-state index is 0.770. The Morgan fingerprint density at radius 2 is 2.36 bits per heavy atom. The van der Waals surface area contributed by atoms with Crippen molar-refractivity contribution < 1.29 is 0 Å². The molecular weight excluding hydrogens is 136 g/mol. The summed E-state index contributed by atoms with van der Waals surface area (Å²) in [6.07, 6.45) is 4.00. The fraction of sp³-hybridized carbons (Fsp3) is 1.00. The largest absolute Gasteiger partial charge is 0.313 e. The molecule has 1 aliphatic heterocycles. The molecule has 0 amide bonds. The Labute approximate surface area is 70.0 Å². The molecule has 0 aliphatic carbocycles. The standard InChI is InChI=1S/C9H20N2/c1-3-7-11(2)8-9-5-4-6-10-9/h9-10H,3-8H2,1-2H3. The molecule has 0 radical (unpaired) electrons. The normalized spacial score (nSPS) is 24.8. The molecule has 1 aliphatic rings. The van der Waals surface area contributed by atoms with Crippen molar-refractivity contribution in [1.29, 1.82) is 0 Å². The van der Waals surface area contributed by atoms with Gasteiger partial charge in [0, 0.05) is 12.6 Å². The van der Waals surface area contributed by atoms with E-state index in [1.807, 2.05) is 0 Å². The van der Waals surface area contributed by atoms with Gasteiger partial charge in [0.2, 0.25) is 0 Å². The monoisotopic (exact) mass is 156 g/mol. The van der Waals surface area contributed by atoms with E-state index in [1.54, 1.807) is 0 Å². The maximum absolute atomic E-state index is 3.50. The lowest BCUT2D eigenvalue weighted by molar-refractivity contribution is 0.301. The lowest BCUT2D eigenvalue weighted by Crippen LogP contribution is -2.35. The zero-order valence-electron chi connectivity index (χ0n) is 7.77. The molecule has 1 unspecified atom stereocenters. The van der Waals surface area contributed by atoms with Crippen LogP contribution in [0.15, 0.2) is 0 Å². The highest BCUT2D eigenvalue weighted by molar-refractivity contribution is 4.76. The first-order valence-electron chi connectivity index (χ1n) is 4.75. The summed E-state index contributed by atoms with van der Waals surface area (Å²) in [5, 5.41) is 3.50. The van der Waals surface area contributed by atoms with Crippen molar-refractivity contribution in [2.75, 3.05) is 26.7 Å². The van der Waals surface area contributed by atoms with Gasteiger partial charge in [-0.3, -0.25) is 0 Å². The first kappa shape index (κ1) is 9.01. The third-order valence-corrected chi connectivity index (χ3v) is 2.30. The van der Waals surface area contributed by atoms with Crippen molar-refractivity contribution in [2.24, 2.45) is 0 Å². The van der Waals surface area contributed by atoms with E-state index >= 15 is 0 Å². The number of rotatable bonds is 4. The summed E-state index contributed by atoms with van der Waals surface area (Å²) in [6.45, 7) is 5.93. The van der Waals surface area contributed by atoms with E-state index in [-0.39, 0.29) is 0 Å². The Morgan fingerprint density at radius 3 is 2.91 bits per heavy atom. The minimum absolute atomic E-state index is 0.770. The molecule has 1 heterocycles. The molecule has 1 fully saturated rings. The van der Waals surface area contributed by atoms with Crippen molar-refractivity contribution in [3.63, 3.8) is 0 Å². The number of hydrogen-bond acceptors (Lipinski definition) is 2. The molecule has 0 aromatic rings. The molecule has 1 atom stereocenters. The summed E-state index contributed by atoms with van der Waals surface area (Å²) in [4.78, 5) is 2.42. The molecule has 1 rings (SSSR count). The smallest absolute Gasteiger partial charge is 0.0195 e. The van der Waals surface area contributed by atoms with Crippen LogP contribution in [-0.2, 0) is 0 Å². The van der Waals surface area contributed by atoms with Gasteiger partial charge in [0.15, 0.2) is 0 Å². The summed E-state index contributed by atoms with van der Waals surface area (Å²) in [7, 11) is 2.21. The van der Waals surface area contributed by atoms with E-state index in [0.717, 1.165) is 6.04 Å². The fourth-order valence-electron chi connectivity index (χ4n) is 1.76. The van der Waals surface area contributed by atoms with Gasteiger partial charge in [-0.2, -0.15) is 0 Å². The van der Waals surface area contributed by atoms with Gasteiger partial charge in [-0.1, -0.05) is 6.92 Å². The molecule has 1 N–H and O–H groups in total. The van der Waals surface area contributed by atoms with Crippen LogP contribution in [0.1, 0.15) is 26.2 Å². The highest BCUT2D eigenvalue weighted by Gasteiger charge is 2.14. The molecule has 2 heteroatoms. The van der Waals surface area contributed by atoms with Crippen LogP contribution in [0.25, 0.3) is 0 Å². The van der Waals surface area contributed by atoms with E-state index in [0.29, 0.717) is 0 Å². The summed E-state index contributed by atoms with van der Waals surface area (Å²) in [5.74, 6) is 0. The zero-order chi connectivity index (χ0) is 8.10. The highest BCUT2D eigenvalue weighted by Crippen LogP contribution is 2.05. The van der Waals surface area contributed by atoms with Gasteiger partial charge in [0.1, 0.15) is 0 Å². The van der Waals surface area contributed by atoms with Crippen molar-refractivity contribution in [3.8, 4) is 0 Å². The topological polar surface area (TPSA) is 15.3 Å². The minimum Gasteiger partial charge on any atom is -0.313 e. The van der Waals surface area contributed by atoms with Gasteiger partial charge < -0.3 is 10.2 Å². The molecule has 11 heavy (non-hydrogen) atoms. The Balaban J connectivity index is 2.08. The fourth-order valence-corrected chi connectivity index (χ4v) is 1.76. The molecule has 66 valence electrons. The molecule has 0 aromatic heterocycles. The van der Waals surface area contributed by atoms with E-state index in [1.165, 1.54) is 38.9 Å². The summed E-state index contributed by atoms with van der Waals surface area (Å²) < 4.78 is 0. The van der Waals surface area contributed by atoms with E-state index in [4.69, 9.17) is 0 Å². The summed E-state index contributed by atoms with van der Waals surface area (Å²) in [5.41, 5.74) is 0. The zero-order valence-corrected chi connectivity index (χ0v) is 7.77. The van der Waals surface area contributed by atoms with Gasteiger partial charge in [-0.25, -0.2) is 0 Å². The van der Waals surface area contributed by atoms with Gasteiger partial charge in [-0.05, 0) is 39.4 Å². The SMILES string of the molecule is CCCN(C)CC1CCCN1. The molecular formula is C9H20N2. The number of nitrogens with zero attached hydrogens (tertiary/aromatic N) is 1. The Bertz CT molecular complexity index is 97.7. The lowest BCUT2D eigenvalue weighted by atomic mass is 10.2. The Morgan fingerprint density at radius 1 is 1.55 bits per heavy atom. The average molecular weight is 156 g/mol. The van der Waals surface area contributed by atoms with Gasteiger partial charge in [0.05, 0.1) is 0 Å². The lowest BCUT2D eigenvalue weighted by Gasteiger charge is -2.19. The second-order valence-electron chi connectivity index (χ2n) is 3.56. The first-order chi connectivity index (χ1) is 5.33. The van der Waals surface area contributed by atoms with Crippen LogP contribution in [0, 0.1) is 0 Å². The molecule has 2 nitrogen and oxygen atoms in total. The third-order valence-electron chi connectivity index (χ3n) is 2.30. The molecule has 0 saturated carbocycles. The van der Waals surface area contributed by atoms with Crippen molar-refractivity contribution >= 4 is 0 Å². The number of hydrogen-bond donors (Lipinski definition) is 1. The van der Waals surface area contributed by atoms with Crippen molar-refractivity contribution in [3.05, 3.63) is 0 Å². The first-order valence-corrected chi connectivity index (χ1v) is 4.75. The van der Waals surface area contributed by atoms with E-state index < -0.39 is 0 Å². The van der Waals surface area contributed by atoms with Crippen LogP contribution in [-0.4, -0.2) is 37.6 Å². The maximum Gasteiger partial charge on any atom is 0.0195 e. The van der Waals surface area contributed by atoms with Crippen LogP contribution in [0.2, 0.25) is 0 Å². The van der Waals surface area contributed by atoms with Gasteiger partial charge >= 0.3 is 0 Å². The number of likely N-dealkylation sites (N-methyl/N-ethyl adjacent to an activating group) is 1. The van der Waals surface area contributed by atoms with Crippen LogP contribution in [0.4, 0.5) is 0 Å². The van der Waals surface area contributed by atoms with E-state index in [9.17, 15) is 0 Å². The van der Waals surface area contributed by atoms with Crippen LogP contribution in [0.5, 0.6) is 0 Å². The van der Waals surface area contributed by atoms with Gasteiger partial charge in [0.25, 0.3) is 0 Å². The van der Waals surface area contributed by atoms with Crippen LogP contribution < -0.4 is 5.32 Å². The van der Waals surface area contributed by atoms with Gasteiger partial charge in [-0.15, -0.1) is 0 Å². The highest BCUT2D eigenvalue weighted by atomic mass is 15.1. The predicted octanol–water partition coefficient (Wildman–Crippen LogP) is 1.08. The summed E-state index contributed by atoms with van der Waals surface area (Å²) in [6, 6.07) is 0.770. The molecule has 1 saturated heterocycles. The van der Waals surface area contributed by atoms with E-state index in [2.05, 4.69) is 24.2 Å². The summed E-state index contributed by atoms with van der Waals surface area (Å²) >= 11 is 0. The molecule has 0 spiro atoms. The molecule has 0 bridgehead atoms. The predicted molar refractivity (Wildman–Crippen MR) is 48.8 cm³/mol. The van der Waals surface area contributed by atoms with Crippen molar-refractivity contribution in [1.82, 2.24) is 10.2 Å². The maximum atomic E-state index is 3.50. The Kier molecular flexibility index (Phi) is 3.87. The second kappa shape index (κ2) is 4.73. The number of nitrogens with one attached hydrogen (secondary N) is 1. The Hall–Kier alpha value is -0.0800. The third kappa shape index (κ3) is 3.21. The van der Waals surface area contributed by atoms with Crippen LogP contribution in [0.3, 0.4) is 0 Å². The second-order valence-corrected chi connectivity index (χ2v) is 3.56. The average Bonchev–Trinajstić information content (AvgIpc) is 2.40. The quantitative estimate of drug-likeness (QED) is 0.655.